The van der Waals surface area contributed by atoms with Crippen LogP contribution in [-0.2, 0) is 9.59 Å². The highest BCUT2D eigenvalue weighted by atomic mass is 19.1. The fourth-order valence-electron chi connectivity index (χ4n) is 2.17. The number of aliphatic carboxylic acids is 1. The number of carbonyl (C=O) groups excluding carboxylic acids is 1. The summed E-state index contributed by atoms with van der Waals surface area (Å²) in [7, 11) is 1.57. The van der Waals surface area contributed by atoms with Gasteiger partial charge in [0, 0.05) is 19.0 Å². The van der Waals surface area contributed by atoms with Crippen LogP contribution in [0.25, 0.3) is 0 Å². The van der Waals surface area contributed by atoms with Crippen LogP contribution in [0.15, 0.2) is 18.2 Å². The molecule has 0 saturated heterocycles. The van der Waals surface area contributed by atoms with Gasteiger partial charge in [-0.25, -0.2) is 4.39 Å². The van der Waals surface area contributed by atoms with Crippen LogP contribution < -0.4 is 4.90 Å². The molecular formula is C12H12FNO3. The molecule has 0 aromatic heterocycles. The zero-order chi connectivity index (χ0) is 12.6. The minimum Gasteiger partial charge on any atom is -0.481 e. The SMILES string of the molecule is CN1C(=O)C(CCC(=O)O)c2c(F)cccc21. The Morgan fingerprint density at radius 3 is 2.88 bits per heavy atom. The average Bonchev–Trinajstić information content (AvgIpc) is 2.52. The first kappa shape index (κ1) is 11.6. The molecule has 0 fully saturated rings. The van der Waals surface area contributed by atoms with Crippen LogP contribution in [0.1, 0.15) is 24.3 Å². The van der Waals surface area contributed by atoms with E-state index in [9.17, 15) is 14.0 Å². The smallest absolute Gasteiger partial charge is 0.303 e. The minimum absolute atomic E-state index is 0.131. The number of benzene rings is 1. The van der Waals surface area contributed by atoms with E-state index < -0.39 is 17.7 Å². The highest BCUT2D eigenvalue weighted by Gasteiger charge is 2.37. The quantitative estimate of drug-likeness (QED) is 0.871. The number of carboxylic acid groups (broad SMARTS) is 1. The molecule has 0 aliphatic carbocycles. The molecule has 1 aliphatic rings. The highest BCUT2D eigenvalue weighted by Crippen LogP contribution is 2.40. The minimum atomic E-state index is -0.981. The number of anilines is 1. The van der Waals surface area contributed by atoms with Gasteiger partial charge in [-0.15, -0.1) is 0 Å². The first-order valence-corrected chi connectivity index (χ1v) is 5.30. The third kappa shape index (κ3) is 1.88. The molecule has 0 spiro atoms. The van der Waals surface area contributed by atoms with Gasteiger partial charge in [-0.2, -0.15) is 0 Å². The van der Waals surface area contributed by atoms with Gasteiger partial charge in [-0.05, 0) is 18.6 Å². The summed E-state index contributed by atoms with van der Waals surface area (Å²) < 4.78 is 13.7. The number of likely N-dealkylation sites (N-methyl/N-ethyl adjacent to an activating group) is 1. The Bertz CT molecular complexity index is 487. The first-order valence-electron chi connectivity index (χ1n) is 5.30. The van der Waals surface area contributed by atoms with Gasteiger partial charge >= 0.3 is 5.97 Å². The molecule has 5 heteroatoms. The summed E-state index contributed by atoms with van der Waals surface area (Å²) in [6.07, 6.45) is -0.00946. The molecule has 1 amide bonds. The lowest BCUT2D eigenvalue weighted by Gasteiger charge is -2.09. The number of hydrogen-bond acceptors (Lipinski definition) is 2. The van der Waals surface area contributed by atoms with Gasteiger partial charge in [-0.3, -0.25) is 9.59 Å². The summed E-state index contributed by atoms with van der Waals surface area (Å²) in [5.41, 5.74) is 0.853. The monoisotopic (exact) mass is 237 g/mol. The molecule has 1 atom stereocenters. The van der Waals surface area contributed by atoms with Gasteiger partial charge in [0.15, 0.2) is 0 Å². The second-order valence-corrected chi connectivity index (χ2v) is 4.05. The van der Waals surface area contributed by atoms with Crippen LogP contribution in [0.3, 0.4) is 0 Å². The number of carbonyl (C=O) groups is 2. The zero-order valence-electron chi connectivity index (χ0n) is 9.31. The Morgan fingerprint density at radius 1 is 1.53 bits per heavy atom. The van der Waals surface area contributed by atoms with Crippen LogP contribution in [0, 0.1) is 5.82 Å². The Kier molecular flexibility index (Phi) is 2.83. The van der Waals surface area contributed by atoms with Crippen molar-refractivity contribution >= 4 is 17.6 Å². The molecular weight excluding hydrogens is 225 g/mol. The second-order valence-electron chi connectivity index (χ2n) is 4.05. The summed E-state index contributed by atoms with van der Waals surface area (Å²) in [5, 5.41) is 8.62. The normalized spacial score (nSPS) is 18.4. The molecule has 1 heterocycles. The number of rotatable bonds is 3. The molecule has 17 heavy (non-hydrogen) atoms. The lowest BCUT2D eigenvalue weighted by atomic mass is 9.95. The van der Waals surface area contributed by atoms with Gasteiger partial charge in [0.1, 0.15) is 5.82 Å². The molecule has 0 bridgehead atoms. The molecule has 90 valence electrons. The van der Waals surface area contributed by atoms with Crippen LogP contribution in [0.4, 0.5) is 10.1 Å². The third-order valence-corrected chi connectivity index (χ3v) is 3.02. The lowest BCUT2D eigenvalue weighted by Crippen LogP contribution is -2.24. The third-order valence-electron chi connectivity index (χ3n) is 3.02. The van der Waals surface area contributed by atoms with Crippen LogP contribution >= 0.6 is 0 Å². The average molecular weight is 237 g/mol. The summed E-state index contributed by atoms with van der Waals surface area (Å²) in [5.74, 6) is -2.35. The van der Waals surface area contributed by atoms with E-state index >= 15 is 0 Å². The van der Waals surface area contributed by atoms with Crippen molar-refractivity contribution in [3.63, 3.8) is 0 Å². The Balaban J connectivity index is 2.36. The Morgan fingerprint density at radius 2 is 2.24 bits per heavy atom. The van der Waals surface area contributed by atoms with E-state index in [0.717, 1.165) is 0 Å². The second kappa shape index (κ2) is 4.16. The van der Waals surface area contributed by atoms with Crippen LogP contribution in [-0.4, -0.2) is 24.0 Å². The van der Waals surface area contributed by atoms with Gasteiger partial charge in [0.05, 0.1) is 11.6 Å². The van der Waals surface area contributed by atoms with Gasteiger partial charge < -0.3 is 10.0 Å². The van der Waals surface area contributed by atoms with Crippen molar-refractivity contribution < 1.29 is 19.1 Å². The molecule has 1 aromatic carbocycles. The van der Waals surface area contributed by atoms with Crippen molar-refractivity contribution in [1.29, 1.82) is 0 Å². The molecule has 2 rings (SSSR count). The van der Waals surface area contributed by atoms with E-state index in [1.807, 2.05) is 0 Å². The predicted molar refractivity (Wildman–Crippen MR) is 59.4 cm³/mol. The molecule has 0 radical (unpaired) electrons. The maximum atomic E-state index is 13.7. The number of nitrogens with zero attached hydrogens (tertiary/aromatic N) is 1. The Labute approximate surface area is 97.7 Å². The van der Waals surface area contributed by atoms with Crippen molar-refractivity contribution in [3.8, 4) is 0 Å². The molecule has 4 nitrogen and oxygen atoms in total. The highest BCUT2D eigenvalue weighted by molar-refractivity contribution is 6.04. The molecule has 1 N–H and O–H groups in total. The summed E-state index contributed by atoms with van der Waals surface area (Å²) in [4.78, 5) is 23.8. The van der Waals surface area contributed by atoms with Gasteiger partial charge in [0.25, 0.3) is 0 Å². The van der Waals surface area contributed by atoms with Crippen molar-refractivity contribution in [2.24, 2.45) is 0 Å². The number of carboxylic acids is 1. The van der Waals surface area contributed by atoms with Crippen molar-refractivity contribution in [3.05, 3.63) is 29.6 Å². The van der Waals surface area contributed by atoms with E-state index in [-0.39, 0.29) is 18.7 Å². The van der Waals surface area contributed by atoms with Crippen molar-refractivity contribution in [2.75, 3.05) is 11.9 Å². The summed E-state index contributed by atoms with van der Waals surface area (Å²) in [6, 6.07) is 4.49. The van der Waals surface area contributed by atoms with E-state index in [0.29, 0.717) is 11.3 Å². The van der Waals surface area contributed by atoms with Crippen molar-refractivity contribution in [1.82, 2.24) is 0 Å². The number of halogens is 1. The Hall–Kier alpha value is -1.91. The number of amides is 1. The molecule has 1 aromatic rings. The number of fused-ring (bicyclic) bond motifs is 1. The van der Waals surface area contributed by atoms with Gasteiger partial charge in [-0.1, -0.05) is 6.07 Å². The summed E-state index contributed by atoms with van der Waals surface area (Å²) in [6.45, 7) is 0. The van der Waals surface area contributed by atoms with E-state index in [1.54, 1.807) is 13.1 Å². The fraction of sp³-hybridized carbons (Fsp3) is 0.333. The summed E-state index contributed by atoms with van der Waals surface area (Å²) >= 11 is 0. The van der Waals surface area contributed by atoms with Crippen LogP contribution in [0.2, 0.25) is 0 Å². The lowest BCUT2D eigenvalue weighted by molar-refractivity contribution is -0.137. The van der Waals surface area contributed by atoms with E-state index in [1.165, 1.54) is 17.0 Å². The standard InChI is InChI=1S/C12H12FNO3/c1-14-9-4-2-3-8(13)11(9)7(12(14)17)5-6-10(15)16/h2-4,7H,5-6H2,1H3,(H,15,16). The van der Waals surface area contributed by atoms with E-state index in [4.69, 9.17) is 5.11 Å². The molecule has 1 unspecified atom stereocenters. The maximum Gasteiger partial charge on any atom is 0.303 e. The number of hydrogen-bond donors (Lipinski definition) is 1. The predicted octanol–water partition coefficient (Wildman–Crippen LogP) is 1.75. The molecule has 1 aliphatic heterocycles. The first-order chi connectivity index (χ1) is 8.02. The maximum absolute atomic E-state index is 13.7. The van der Waals surface area contributed by atoms with Gasteiger partial charge in [0.2, 0.25) is 5.91 Å². The largest absolute Gasteiger partial charge is 0.481 e. The topological polar surface area (TPSA) is 57.6 Å². The fourth-order valence-corrected chi connectivity index (χ4v) is 2.17. The van der Waals surface area contributed by atoms with E-state index in [2.05, 4.69) is 0 Å². The molecule has 0 saturated carbocycles. The van der Waals surface area contributed by atoms with Crippen LogP contribution in [0.5, 0.6) is 0 Å². The van der Waals surface area contributed by atoms with Crippen molar-refractivity contribution in [2.45, 2.75) is 18.8 Å². The zero-order valence-corrected chi connectivity index (χ0v) is 9.31.